The molecule has 0 radical (unpaired) electrons. The number of H-pyrrole nitrogens is 1. The van der Waals surface area contributed by atoms with Gasteiger partial charge < -0.3 is 10.0 Å². The number of hydrazine groups is 1. The molecular formula is C12H19N7O. The summed E-state index contributed by atoms with van der Waals surface area (Å²) in [6.07, 6.45) is 5.85. The van der Waals surface area contributed by atoms with Crippen molar-refractivity contribution < 1.29 is 5.11 Å². The summed E-state index contributed by atoms with van der Waals surface area (Å²) < 4.78 is 0. The van der Waals surface area contributed by atoms with E-state index in [9.17, 15) is 5.11 Å². The van der Waals surface area contributed by atoms with Crippen molar-refractivity contribution in [1.82, 2.24) is 20.2 Å². The number of anilines is 2. The number of fused-ring (bicyclic) bond motifs is 1. The van der Waals surface area contributed by atoms with Gasteiger partial charge in [-0.05, 0) is 25.7 Å². The van der Waals surface area contributed by atoms with Gasteiger partial charge in [-0.3, -0.25) is 10.5 Å². The third kappa shape index (κ3) is 2.27. The van der Waals surface area contributed by atoms with Crippen LogP contribution in [0.1, 0.15) is 25.7 Å². The van der Waals surface area contributed by atoms with Crippen molar-refractivity contribution in [2.45, 2.75) is 31.7 Å². The van der Waals surface area contributed by atoms with E-state index in [1.165, 1.54) is 6.42 Å². The maximum absolute atomic E-state index is 9.25. The van der Waals surface area contributed by atoms with Crippen LogP contribution >= 0.6 is 0 Å². The topological polar surface area (TPSA) is 116 Å². The lowest BCUT2D eigenvalue weighted by atomic mass is 9.99. The summed E-state index contributed by atoms with van der Waals surface area (Å²) in [7, 11) is 0. The summed E-state index contributed by atoms with van der Waals surface area (Å²) in [6, 6.07) is 0.298. The molecule has 0 amide bonds. The Morgan fingerprint density at radius 2 is 2.35 bits per heavy atom. The molecule has 108 valence electrons. The fourth-order valence-corrected chi connectivity index (χ4v) is 2.83. The van der Waals surface area contributed by atoms with Crippen LogP contribution in [0.3, 0.4) is 0 Å². The molecule has 3 heterocycles. The zero-order valence-corrected chi connectivity index (χ0v) is 11.2. The molecular weight excluding hydrogens is 258 g/mol. The van der Waals surface area contributed by atoms with Crippen molar-refractivity contribution in [3.8, 4) is 0 Å². The zero-order chi connectivity index (χ0) is 13.9. The fraction of sp³-hybridized carbons (Fsp3) is 0.583. The normalized spacial score (nSPS) is 19.5. The monoisotopic (exact) mass is 277 g/mol. The number of nitrogen functional groups attached to an aromatic ring is 1. The molecule has 3 rings (SSSR count). The van der Waals surface area contributed by atoms with Gasteiger partial charge in [-0.2, -0.15) is 15.1 Å². The van der Waals surface area contributed by atoms with Gasteiger partial charge in [0, 0.05) is 19.2 Å². The highest BCUT2D eigenvalue weighted by atomic mass is 16.3. The summed E-state index contributed by atoms with van der Waals surface area (Å²) in [5, 5.41) is 17.0. The predicted molar refractivity (Wildman–Crippen MR) is 76.2 cm³/mol. The van der Waals surface area contributed by atoms with Gasteiger partial charge in [-0.25, -0.2) is 5.84 Å². The Bertz CT molecular complexity index is 582. The third-order valence-electron chi connectivity index (χ3n) is 3.78. The Balaban J connectivity index is 2.04. The lowest BCUT2D eigenvalue weighted by Gasteiger charge is -2.36. The number of aliphatic hydroxyl groups excluding tert-OH is 1. The smallest absolute Gasteiger partial charge is 0.241 e. The van der Waals surface area contributed by atoms with Crippen LogP contribution in [0.4, 0.5) is 11.8 Å². The first-order chi connectivity index (χ1) is 9.83. The number of hydrogen-bond acceptors (Lipinski definition) is 7. The van der Waals surface area contributed by atoms with Crippen molar-refractivity contribution in [2.75, 3.05) is 23.5 Å². The van der Waals surface area contributed by atoms with E-state index in [4.69, 9.17) is 5.84 Å². The summed E-state index contributed by atoms with van der Waals surface area (Å²) >= 11 is 0. The molecule has 5 N–H and O–H groups in total. The molecule has 1 atom stereocenters. The molecule has 1 fully saturated rings. The SMILES string of the molecule is NNc1nc(N2CCCCC2CCO)c2cn[nH]c2n1. The highest BCUT2D eigenvalue weighted by molar-refractivity contribution is 5.87. The molecule has 2 aromatic heterocycles. The number of nitrogens with two attached hydrogens (primary N) is 1. The third-order valence-corrected chi connectivity index (χ3v) is 3.78. The maximum atomic E-state index is 9.25. The first kappa shape index (κ1) is 13.1. The number of aromatic amines is 1. The van der Waals surface area contributed by atoms with Crippen LogP contribution in [-0.2, 0) is 0 Å². The summed E-state index contributed by atoms with van der Waals surface area (Å²) in [4.78, 5) is 11.0. The molecule has 1 saturated heterocycles. The van der Waals surface area contributed by atoms with Gasteiger partial charge in [0.1, 0.15) is 5.82 Å². The average Bonchev–Trinajstić information content (AvgIpc) is 2.95. The summed E-state index contributed by atoms with van der Waals surface area (Å²) in [5.74, 6) is 6.63. The van der Waals surface area contributed by atoms with Crippen LogP contribution in [0.2, 0.25) is 0 Å². The van der Waals surface area contributed by atoms with Gasteiger partial charge in [0.05, 0.1) is 11.6 Å². The molecule has 1 aliphatic heterocycles. The Hall–Kier alpha value is -1.93. The number of hydrogen-bond donors (Lipinski definition) is 4. The van der Waals surface area contributed by atoms with E-state index in [2.05, 4.69) is 30.5 Å². The number of aliphatic hydroxyl groups is 1. The predicted octanol–water partition coefficient (Wildman–Crippen LogP) is 0.380. The number of rotatable bonds is 4. The largest absolute Gasteiger partial charge is 0.396 e. The van der Waals surface area contributed by atoms with E-state index >= 15 is 0 Å². The van der Waals surface area contributed by atoms with Crippen LogP contribution in [0.5, 0.6) is 0 Å². The highest BCUT2D eigenvalue weighted by Gasteiger charge is 2.25. The van der Waals surface area contributed by atoms with Gasteiger partial charge in [0.15, 0.2) is 5.65 Å². The maximum Gasteiger partial charge on any atom is 0.241 e. The van der Waals surface area contributed by atoms with Gasteiger partial charge >= 0.3 is 0 Å². The second-order valence-corrected chi connectivity index (χ2v) is 5.00. The molecule has 20 heavy (non-hydrogen) atoms. The molecule has 0 spiro atoms. The first-order valence-electron chi connectivity index (χ1n) is 6.88. The molecule has 8 heteroatoms. The molecule has 8 nitrogen and oxygen atoms in total. The van der Waals surface area contributed by atoms with Gasteiger partial charge in [-0.15, -0.1) is 0 Å². The van der Waals surface area contributed by atoms with E-state index in [1.807, 2.05) is 0 Å². The minimum Gasteiger partial charge on any atom is -0.396 e. The van der Waals surface area contributed by atoms with E-state index in [-0.39, 0.29) is 6.61 Å². The number of nitrogens with zero attached hydrogens (tertiary/aromatic N) is 4. The van der Waals surface area contributed by atoms with Crippen molar-refractivity contribution in [2.24, 2.45) is 5.84 Å². The number of nitrogens with one attached hydrogen (secondary N) is 2. The minimum absolute atomic E-state index is 0.183. The number of aromatic nitrogens is 4. The van der Waals surface area contributed by atoms with Crippen LogP contribution in [0, 0.1) is 0 Å². The highest BCUT2D eigenvalue weighted by Crippen LogP contribution is 2.30. The Labute approximate surface area is 116 Å². The standard InChI is InChI=1S/C12H19N7O/c13-17-12-15-10-9(7-14-18-10)11(16-12)19-5-2-1-3-8(19)4-6-20/h7-8,20H,1-6,13H2,(H2,14,15,16,17,18). The Morgan fingerprint density at radius 1 is 1.45 bits per heavy atom. The van der Waals surface area contributed by atoms with Crippen LogP contribution < -0.4 is 16.2 Å². The molecule has 1 aliphatic rings. The second-order valence-electron chi connectivity index (χ2n) is 5.00. The number of piperidine rings is 1. The summed E-state index contributed by atoms with van der Waals surface area (Å²) in [6.45, 7) is 1.11. The van der Waals surface area contributed by atoms with E-state index < -0.39 is 0 Å². The second kappa shape index (κ2) is 5.59. The molecule has 0 aliphatic carbocycles. The Morgan fingerprint density at radius 3 is 3.15 bits per heavy atom. The lowest BCUT2D eigenvalue weighted by Crippen LogP contribution is -2.41. The van der Waals surface area contributed by atoms with Gasteiger partial charge in [0.2, 0.25) is 5.95 Å². The van der Waals surface area contributed by atoms with Crippen molar-refractivity contribution in [1.29, 1.82) is 0 Å². The van der Waals surface area contributed by atoms with Crippen molar-refractivity contribution in [3.05, 3.63) is 6.20 Å². The lowest BCUT2D eigenvalue weighted by molar-refractivity contribution is 0.262. The Kier molecular flexibility index (Phi) is 3.66. The van der Waals surface area contributed by atoms with E-state index in [1.54, 1.807) is 6.20 Å². The van der Waals surface area contributed by atoms with E-state index in [0.717, 1.165) is 37.0 Å². The average molecular weight is 277 g/mol. The van der Waals surface area contributed by atoms with E-state index in [0.29, 0.717) is 17.6 Å². The molecule has 2 aromatic rings. The minimum atomic E-state index is 0.183. The first-order valence-corrected chi connectivity index (χ1v) is 6.88. The zero-order valence-electron chi connectivity index (χ0n) is 11.2. The van der Waals surface area contributed by atoms with Crippen LogP contribution in [0.15, 0.2) is 6.20 Å². The fourth-order valence-electron chi connectivity index (χ4n) is 2.83. The van der Waals surface area contributed by atoms with Gasteiger partial charge in [0.25, 0.3) is 0 Å². The quantitative estimate of drug-likeness (QED) is 0.471. The molecule has 0 saturated carbocycles. The van der Waals surface area contributed by atoms with Crippen molar-refractivity contribution >= 4 is 22.8 Å². The van der Waals surface area contributed by atoms with Gasteiger partial charge in [-0.1, -0.05) is 0 Å². The molecule has 0 bridgehead atoms. The summed E-state index contributed by atoms with van der Waals surface area (Å²) in [5.41, 5.74) is 3.15. The van der Waals surface area contributed by atoms with Crippen LogP contribution in [-0.4, -0.2) is 44.5 Å². The molecule has 0 aromatic carbocycles. The van der Waals surface area contributed by atoms with Crippen LogP contribution in [0.25, 0.3) is 11.0 Å². The van der Waals surface area contributed by atoms with Crippen molar-refractivity contribution in [3.63, 3.8) is 0 Å². The molecule has 1 unspecified atom stereocenters.